The van der Waals surface area contributed by atoms with E-state index in [0.717, 1.165) is 0 Å². The summed E-state index contributed by atoms with van der Waals surface area (Å²) in [5.41, 5.74) is 1.45. The molecule has 1 atom stereocenters. The SMILES string of the molecule is C=C.C[C@H](c1ccccc1)N1CCCC1. The van der Waals surface area contributed by atoms with Gasteiger partial charge in [0.15, 0.2) is 0 Å². The van der Waals surface area contributed by atoms with Gasteiger partial charge in [0.2, 0.25) is 0 Å². The van der Waals surface area contributed by atoms with Gasteiger partial charge in [0, 0.05) is 6.04 Å². The van der Waals surface area contributed by atoms with Crippen molar-refractivity contribution in [2.24, 2.45) is 0 Å². The maximum Gasteiger partial charge on any atom is 0.0319 e. The highest BCUT2D eigenvalue weighted by atomic mass is 15.2. The van der Waals surface area contributed by atoms with Gasteiger partial charge in [-0.05, 0) is 38.4 Å². The van der Waals surface area contributed by atoms with Crippen LogP contribution in [0.2, 0.25) is 0 Å². The average Bonchev–Trinajstić information content (AvgIpc) is 2.85. The number of hydrogen-bond donors (Lipinski definition) is 0. The van der Waals surface area contributed by atoms with Crippen molar-refractivity contribution in [3.05, 3.63) is 49.1 Å². The summed E-state index contributed by atoms with van der Waals surface area (Å²) in [6.07, 6.45) is 2.74. The first-order valence-corrected chi connectivity index (χ1v) is 5.67. The van der Waals surface area contributed by atoms with Crippen LogP contribution >= 0.6 is 0 Å². The van der Waals surface area contributed by atoms with Gasteiger partial charge in [-0.25, -0.2) is 0 Å². The van der Waals surface area contributed by atoms with Crippen LogP contribution in [-0.4, -0.2) is 18.0 Å². The molecule has 0 aromatic heterocycles. The van der Waals surface area contributed by atoms with Crippen LogP contribution in [0.1, 0.15) is 31.4 Å². The van der Waals surface area contributed by atoms with Gasteiger partial charge in [-0.1, -0.05) is 30.3 Å². The van der Waals surface area contributed by atoms with Crippen LogP contribution in [0.25, 0.3) is 0 Å². The molecule has 0 N–H and O–H groups in total. The molecule has 0 radical (unpaired) electrons. The summed E-state index contributed by atoms with van der Waals surface area (Å²) in [6.45, 7) is 10.9. The minimum atomic E-state index is 0.601. The standard InChI is InChI=1S/C12H17N.C2H4/c1-11(13-9-5-6-10-13)12-7-3-2-4-8-12;1-2/h2-4,7-8,11H,5-6,9-10H2,1H3;1-2H2/t11-;/m1./s1. The normalized spacial score (nSPS) is 17.9. The van der Waals surface area contributed by atoms with Crippen molar-refractivity contribution in [1.29, 1.82) is 0 Å². The molecule has 15 heavy (non-hydrogen) atoms. The van der Waals surface area contributed by atoms with Gasteiger partial charge in [-0.3, -0.25) is 4.90 Å². The number of likely N-dealkylation sites (tertiary alicyclic amines) is 1. The van der Waals surface area contributed by atoms with Gasteiger partial charge in [0.1, 0.15) is 0 Å². The third-order valence-corrected chi connectivity index (χ3v) is 2.97. The highest BCUT2D eigenvalue weighted by Crippen LogP contribution is 2.23. The van der Waals surface area contributed by atoms with Crippen molar-refractivity contribution in [3.63, 3.8) is 0 Å². The van der Waals surface area contributed by atoms with Crippen LogP contribution in [-0.2, 0) is 0 Å². The summed E-state index contributed by atoms with van der Waals surface area (Å²) in [5, 5.41) is 0. The number of nitrogens with zero attached hydrogens (tertiary/aromatic N) is 1. The third-order valence-electron chi connectivity index (χ3n) is 2.97. The first kappa shape index (κ1) is 12.0. The van der Waals surface area contributed by atoms with E-state index in [9.17, 15) is 0 Å². The molecule has 1 fully saturated rings. The van der Waals surface area contributed by atoms with Crippen LogP contribution in [0, 0.1) is 0 Å². The predicted octanol–water partition coefficient (Wildman–Crippen LogP) is 3.65. The predicted molar refractivity (Wildman–Crippen MR) is 66.9 cm³/mol. The molecule has 1 aromatic carbocycles. The quantitative estimate of drug-likeness (QED) is 0.663. The molecule has 1 aliphatic heterocycles. The van der Waals surface area contributed by atoms with Crippen molar-refractivity contribution in [3.8, 4) is 0 Å². The minimum Gasteiger partial charge on any atom is -0.297 e. The van der Waals surface area contributed by atoms with Crippen LogP contribution in [0.5, 0.6) is 0 Å². The molecule has 82 valence electrons. The van der Waals surface area contributed by atoms with Gasteiger partial charge >= 0.3 is 0 Å². The Morgan fingerprint density at radius 3 is 2.13 bits per heavy atom. The number of rotatable bonds is 2. The molecule has 1 saturated heterocycles. The first-order chi connectivity index (χ1) is 7.38. The van der Waals surface area contributed by atoms with Crippen LogP contribution in [0.3, 0.4) is 0 Å². The fraction of sp³-hybridized carbons (Fsp3) is 0.429. The molecule has 1 heteroatoms. The zero-order chi connectivity index (χ0) is 11.1. The second-order valence-electron chi connectivity index (χ2n) is 3.83. The van der Waals surface area contributed by atoms with Crippen molar-refractivity contribution < 1.29 is 0 Å². The zero-order valence-corrected chi connectivity index (χ0v) is 9.65. The van der Waals surface area contributed by atoms with E-state index in [2.05, 4.69) is 55.3 Å². The minimum absolute atomic E-state index is 0.601. The highest BCUT2D eigenvalue weighted by Gasteiger charge is 2.18. The second-order valence-corrected chi connectivity index (χ2v) is 3.83. The molecule has 1 aliphatic rings. The van der Waals surface area contributed by atoms with Gasteiger partial charge in [0.25, 0.3) is 0 Å². The summed E-state index contributed by atoms with van der Waals surface area (Å²) in [4.78, 5) is 2.56. The lowest BCUT2D eigenvalue weighted by molar-refractivity contribution is 0.263. The van der Waals surface area contributed by atoms with E-state index < -0.39 is 0 Å². The Hall–Kier alpha value is -1.08. The Bertz CT molecular complexity index is 262. The summed E-state index contributed by atoms with van der Waals surface area (Å²) >= 11 is 0. The molecule has 0 unspecified atom stereocenters. The Labute approximate surface area is 93.4 Å². The monoisotopic (exact) mass is 203 g/mol. The van der Waals surface area contributed by atoms with Crippen molar-refractivity contribution >= 4 is 0 Å². The van der Waals surface area contributed by atoms with Crippen molar-refractivity contribution in [2.45, 2.75) is 25.8 Å². The molecule has 0 amide bonds. The third kappa shape index (κ3) is 3.21. The second kappa shape index (κ2) is 6.41. The summed E-state index contributed by atoms with van der Waals surface area (Å²) in [7, 11) is 0. The Morgan fingerprint density at radius 1 is 1.07 bits per heavy atom. The van der Waals surface area contributed by atoms with E-state index in [4.69, 9.17) is 0 Å². The van der Waals surface area contributed by atoms with Gasteiger partial charge < -0.3 is 0 Å². The molecule has 0 saturated carbocycles. The van der Waals surface area contributed by atoms with Crippen molar-refractivity contribution in [2.75, 3.05) is 13.1 Å². The Balaban J connectivity index is 0.000000531. The maximum atomic E-state index is 3.00. The smallest absolute Gasteiger partial charge is 0.0319 e. The lowest BCUT2D eigenvalue weighted by Crippen LogP contribution is -2.22. The number of benzene rings is 1. The molecule has 0 spiro atoms. The molecule has 1 aromatic rings. The van der Waals surface area contributed by atoms with Crippen molar-refractivity contribution in [1.82, 2.24) is 4.90 Å². The number of hydrogen-bond acceptors (Lipinski definition) is 1. The topological polar surface area (TPSA) is 3.24 Å². The average molecular weight is 203 g/mol. The summed E-state index contributed by atoms with van der Waals surface area (Å²) in [5.74, 6) is 0. The van der Waals surface area contributed by atoms with Crippen LogP contribution in [0.15, 0.2) is 43.5 Å². The lowest BCUT2D eigenvalue weighted by Gasteiger charge is -2.23. The maximum absolute atomic E-state index is 3.00. The molecule has 0 aliphatic carbocycles. The molecule has 1 heterocycles. The molecule has 1 nitrogen and oxygen atoms in total. The molecular weight excluding hydrogens is 182 g/mol. The summed E-state index contributed by atoms with van der Waals surface area (Å²) in [6, 6.07) is 11.4. The first-order valence-electron chi connectivity index (χ1n) is 5.67. The van der Waals surface area contributed by atoms with E-state index in [0.29, 0.717) is 6.04 Å². The zero-order valence-electron chi connectivity index (χ0n) is 9.65. The van der Waals surface area contributed by atoms with E-state index in [1.165, 1.54) is 31.5 Å². The Morgan fingerprint density at radius 2 is 1.60 bits per heavy atom. The molecule has 2 rings (SSSR count). The van der Waals surface area contributed by atoms with Gasteiger partial charge in [-0.2, -0.15) is 0 Å². The van der Waals surface area contributed by atoms with E-state index >= 15 is 0 Å². The van der Waals surface area contributed by atoms with E-state index in [-0.39, 0.29) is 0 Å². The summed E-state index contributed by atoms with van der Waals surface area (Å²) < 4.78 is 0. The molecular formula is C14H21N. The highest BCUT2D eigenvalue weighted by molar-refractivity contribution is 5.18. The fourth-order valence-electron chi connectivity index (χ4n) is 2.07. The Kier molecular flexibility index (Phi) is 5.13. The molecule has 0 bridgehead atoms. The lowest BCUT2D eigenvalue weighted by atomic mass is 10.1. The van der Waals surface area contributed by atoms with Crippen LogP contribution in [0.4, 0.5) is 0 Å². The van der Waals surface area contributed by atoms with E-state index in [1.54, 1.807) is 0 Å². The van der Waals surface area contributed by atoms with E-state index in [1.807, 2.05) is 0 Å². The van der Waals surface area contributed by atoms with Gasteiger partial charge in [-0.15, -0.1) is 13.2 Å². The van der Waals surface area contributed by atoms with Gasteiger partial charge in [0.05, 0.1) is 0 Å². The van der Waals surface area contributed by atoms with Crippen LogP contribution < -0.4 is 0 Å². The largest absolute Gasteiger partial charge is 0.297 e. The fourth-order valence-corrected chi connectivity index (χ4v) is 2.07.